The summed E-state index contributed by atoms with van der Waals surface area (Å²) >= 11 is 1.49. The van der Waals surface area contributed by atoms with Gasteiger partial charge < -0.3 is 0 Å². The van der Waals surface area contributed by atoms with Crippen molar-refractivity contribution in [3.8, 4) is 12.3 Å². The molecule has 0 bridgehead atoms. The third-order valence-electron chi connectivity index (χ3n) is 2.41. The summed E-state index contributed by atoms with van der Waals surface area (Å²) in [5.74, 6) is 3.51. The highest BCUT2D eigenvalue weighted by atomic mass is 32.2. The first-order chi connectivity index (χ1) is 7.54. The molecule has 1 aliphatic heterocycles. The van der Waals surface area contributed by atoms with Crippen LogP contribution in [-0.4, -0.2) is 15.5 Å². The van der Waals surface area contributed by atoms with Crippen LogP contribution in [0.2, 0.25) is 0 Å². The van der Waals surface area contributed by atoms with Crippen LogP contribution in [0.15, 0.2) is 0 Å². The van der Waals surface area contributed by atoms with Crippen LogP contribution in [0.1, 0.15) is 17.0 Å². The van der Waals surface area contributed by atoms with Crippen molar-refractivity contribution in [1.29, 1.82) is 0 Å². The third kappa shape index (κ3) is 1.92. The summed E-state index contributed by atoms with van der Waals surface area (Å²) in [7, 11) is 0. The first-order valence-electron chi connectivity index (χ1n) is 4.71. The van der Waals surface area contributed by atoms with Crippen molar-refractivity contribution in [3.05, 3.63) is 17.0 Å². The van der Waals surface area contributed by atoms with Crippen molar-refractivity contribution in [2.75, 3.05) is 5.75 Å². The minimum atomic E-state index is -4.39. The molecule has 16 heavy (non-hydrogen) atoms. The molecule has 0 saturated carbocycles. The van der Waals surface area contributed by atoms with Gasteiger partial charge in [0.25, 0.3) is 0 Å². The number of hydrogen-bond acceptors (Lipinski definition) is 2. The van der Waals surface area contributed by atoms with Crippen LogP contribution in [-0.2, 0) is 24.9 Å². The molecule has 2 heterocycles. The van der Waals surface area contributed by atoms with Crippen molar-refractivity contribution in [3.63, 3.8) is 0 Å². The standard InChI is InChI=1S/C10H9F3N2S/c1-2-4-15-8-3-5-16-6-7(8)9(14-15)10(11,12)13/h1H,3-6H2. The largest absolute Gasteiger partial charge is 0.435 e. The molecule has 0 aliphatic carbocycles. The number of rotatable bonds is 1. The van der Waals surface area contributed by atoms with E-state index in [4.69, 9.17) is 6.42 Å². The van der Waals surface area contributed by atoms with E-state index >= 15 is 0 Å². The van der Waals surface area contributed by atoms with E-state index in [1.54, 1.807) is 0 Å². The number of thioether (sulfide) groups is 1. The van der Waals surface area contributed by atoms with Crippen molar-refractivity contribution in [1.82, 2.24) is 9.78 Å². The van der Waals surface area contributed by atoms with Crippen LogP contribution in [0.5, 0.6) is 0 Å². The molecule has 0 radical (unpaired) electrons. The van der Waals surface area contributed by atoms with Gasteiger partial charge in [0.1, 0.15) is 6.54 Å². The summed E-state index contributed by atoms with van der Waals surface area (Å²) in [6.07, 6.45) is 1.33. The molecule has 1 aromatic heterocycles. The predicted molar refractivity (Wildman–Crippen MR) is 55.9 cm³/mol. The second-order valence-corrected chi connectivity index (χ2v) is 4.54. The SMILES string of the molecule is C#CCn1nc(C(F)(F)F)c2c1CCSC2. The first-order valence-corrected chi connectivity index (χ1v) is 5.86. The Labute approximate surface area is 95.2 Å². The van der Waals surface area contributed by atoms with E-state index in [0.29, 0.717) is 23.4 Å². The Morgan fingerprint density at radius 2 is 2.25 bits per heavy atom. The fourth-order valence-corrected chi connectivity index (χ4v) is 2.74. The zero-order valence-electron chi connectivity index (χ0n) is 8.34. The molecule has 1 aliphatic rings. The van der Waals surface area contributed by atoms with Gasteiger partial charge in [0, 0.05) is 17.0 Å². The minimum Gasteiger partial charge on any atom is -0.257 e. The Bertz CT molecular complexity index is 442. The molecule has 0 amide bonds. The van der Waals surface area contributed by atoms with E-state index in [2.05, 4.69) is 11.0 Å². The second kappa shape index (κ2) is 4.06. The molecular formula is C10H9F3N2S. The average Bonchev–Trinajstić information content (AvgIpc) is 2.58. The molecule has 0 fully saturated rings. The number of aromatic nitrogens is 2. The van der Waals surface area contributed by atoms with Gasteiger partial charge in [0.15, 0.2) is 5.69 Å². The normalized spacial score (nSPS) is 15.6. The van der Waals surface area contributed by atoms with Crippen LogP contribution < -0.4 is 0 Å². The van der Waals surface area contributed by atoms with Crippen LogP contribution in [0.4, 0.5) is 13.2 Å². The summed E-state index contributed by atoms with van der Waals surface area (Å²) in [4.78, 5) is 0. The summed E-state index contributed by atoms with van der Waals surface area (Å²) in [6.45, 7) is 0.100. The minimum absolute atomic E-state index is 0.100. The Kier molecular flexibility index (Phi) is 2.89. The number of halogens is 3. The Hall–Kier alpha value is -1.09. The van der Waals surface area contributed by atoms with E-state index in [1.807, 2.05) is 0 Å². The predicted octanol–water partition coefficient (Wildman–Crippen LogP) is 2.32. The topological polar surface area (TPSA) is 17.8 Å². The van der Waals surface area contributed by atoms with E-state index in [1.165, 1.54) is 16.4 Å². The van der Waals surface area contributed by atoms with Gasteiger partial charge in [-0.25, -0.2) is 0 Å². The molecular weight excluding hydrogens is 237 g/mol. The van der Waals surface area contributed by atoms with Crippen molar-refractivity contribution in [2.24, 2.45) is 0 Å². The number of fused-ring (bicyclic) bond motifs is 1. The van der Waals surface area contributed by atoms with Gasteiger partial charge in [0.05, 0.1) is 0 Å². The lowest BCUT2D eigenvalue weighted by Gasteiger charge is -2.13. The highest BCUT2D eigenvalue weighted by Gasteiger charge is 2.39. The monoisotopic (exact) mass is 246 g/mol. The molecule has 0 aromatic carbocycles. The molecule has 6 heteroatoms. The van der Waals surface area contributed by atoms with E-state index in [-0.39, 0.29) is 6.54 Å². The lowest BCUT2D eigenvalue weighted by molar-refractivity contribution is -0.141. The van der Waals surface area contributed by atoms with Crippen molar-refractivity contribution in [2.45, 2.75) is 24.9 Å². The van der Waals surface area contributed by atoms with E-state index < -0.39 is 11.9 Å². The lowest BCUT2D eigenvalue weighted by atomic mass is 10.1. The molecule has 0 atom stereocenters. The highest BCUT2D eigenvalue weighted by molar-refractivity contribution is 7.98. The quantitative estimate of drug-likeness (QED) is 0.708. The fraction of sp³-hybridized carbons (Fsp3) is 0.500. The molecule has 0 N–H and O–H groups in total. The maximum atomic E-state index is 12.7. The number of terminal acetylenes is 1. The summed E-state index contributed by atoms with van der Waals surface area (Å²) in [6, 6.07) is 0. The summed E-state index contributed by atoms with van der Waals surface area (Å²) in [5.41, 5.74) is 0.174. The lowest BCUT2D eigenvalue weighted by Crippen LogP contribution is -2.10. The van der Waals surface area contributed by atoms with E-state index in [9.17, 15) is 13.2 Å². The van der Waals surface area contributed by atoms with E-state index in [0.717, 1.165) is 5.75 Å². The summed E-state index contributed by atoms with van der Waals surface area (Å²) in [5, 5.41) is 3.59. The average molecular weight is 246 g/mol. The molecule has 0 unspecified atom stereocenters. The Morgan fingerprint density at radius 1 is 1.50 bits per heavy atom. The molecule has 2 rings (SSSR count). The van der Waals surface area contributed by atoms with Gasteiger partial charge in [0.2, 0.25) is 0 Å². The van der Waals surface area contributed by atoms with Gasteiger partial charge in [-0.15, -0.1) is 6.42 Å². The van der Waals surface area contributed by atoms with Gasteiger partial charge in [-0.2, -0.15) is 30.0 Å². The zero-order valence-corrected chi connectivity index (χ0v) is 9.16. The first kappa shape index (κ1) is 11.4. The second-order valence-electron chi connectivity index (χ2n) is 3.44. The van der Waals surface area contributed by atoms with Gasteiger partial charge >= 0.3 is 6.18 Å². The maximum absolute atomic E-state index is 12.7. The third-order valence-corrected chi connectivity index (χ3v) is 3.39. The summed E-state index contributed by atoms with van der Waals surface area (Å²) < 4.78 is 39.4. The molecule has 1 aromatic rings. The van der Waals surface area contributed by atoms with Crippen LogP contribution >= 0.6 is 11.8 Å². The number of alkyl halides is 3. The highest BCUT2D eigenvalue weighted by Crippen LogP contribution is 2.36. The molecule has 86 valence electrons. The van der Waals surface area contributed by atoms with Crippen LogP contribution in [0.3, 0.4) is 0 Å². The van der Waals surface area contributed by atoms with Crippen LogP contribution in [0.25, 0.3) is 0 Å². The van der Waals surface area contributed by atoms with Crippen molar-refractivity contribution < 1.29 is 13.2 Å². The Morgan fingerprint density at radius 3 is 2.88 bits per heavy atom. The molecule has 2 nitrogen and oxygen atoms in total. The molecule has 0 spiro atoms. The van der Waals surface area contributed by atoms with Gasteiger partial charge in [-0.3, -0.25) is 4.68 Å². The fourth-order valence-electron chi connectivity index (χ4n) is 1.75. The smallest absolute Gasteiger partial charge is 0.257 e. The zero-order chi connectivity index (χ0) is 11.8. The molecule has 0 saturated heterocycles. The number of hydrogen-bond donors (Lipinski definition) is 0. The number of nitrogens with zero attached hydrogens (tertiary/aromatic N) is 2. The maximum Gasteiger partial charge on any atom is 0.435 e. The van der Waals surface area contributed by atoms with Crippen molar-refractivity contribution >= 4 is 11.8 Å². The Balaban J connectivity index is 2.51. The van der Waals surface area contributed by atoms with Crippen LogP contribution in [0, 0.1) is 12.3 Å². The van der Waals surface area contributed by atoms with Gasteiger partial charge in [-0.05, 0) is 12.2 Å². The van der Waals surface area contributed by atoms with Gasteiger partial charge in [-0.1, -0.05) is 5.92 Å².